The second-order valence-electron chi connectivity index (χ2n) is 4.59. The van der Waals surface area contributed by atoms with Crippen LogP contribution in [0.25, 0.3) is 5.69 Å². The summed E-state index contributed by atoms with van der Waals surface area (Å²) in [5, 5.41) is 27.3. The molecule has 1 heterocycles. The van der Waals surface area contributed by atoms with Gasteiger partial charge in [-0.1, -0.05) is 19.1 Å². The van der Waals surface area contributed by atoms with E-state index in [0.29, 0.717) is 0 Å². The van der Waals surface area contributed by atoms with Crippen LogP contribution >= 0.6 is 0 Å². The molecule has 0 spiro atoms. The van der Waals surface area contributed by atoms with Crippen molar-refractivity contribution in [3.63, 3.8) is 0 Å². The van der Waals surface area contributed by atoms with Crippen molar-refractivity contribution in [1.29, 1.82) is 0 Å². The standard InChI is InChI=1S/C12H11FN4O4/c1-6(2)11-10(12(18)19)14-15-16(11)8-4-3-7(13)5-9(8)17(20)21/h3-6H,1-2H3,(H,18,19). The summed E-state index contributed by atoms with van der Waals surface area (Å²) in [6, 6.07) is 2.95. The maximum Gasteiger partial charge on any atom is 0.358 e. The summed E-state index contributed by atoms with van der Waals surface area (Å²) in [7, 11) is 0. The fourth-order valence-electron chi connectivity index (χ4n) is 1.96. The zero-order chi connectivity index (χ0) is 15.7. The molecule has 110 valence electrons. The van der Waals surface area contributed by atoms with Crippen molar-refractivity contribution in [2.75, 3.05) is 0 Å². The fraction of sp³-hybridized carbons (Fsp3) is 0.250. The van der Waals surface area contributed by atoms with Crippen LogP contribution in [0.3, 0.4) is 0 Å². The van der Waals surface area contributed by atoms with Gasteiger partial charge in [0, 0.05) is 0 Å². The van der Waals surface area contributed by atoms with E-state index < -0.39 is 22.4 Å². The molecule has 1 aromatic carbocycles. The molecule has 0 aliphatic heterocycles. The molecule has 0 aliphatic rings. The van der Waals surface area contributed by atoms with E-state index in [2.05, 4.69) is 10.3 Å². The third kappa shape index (κ3) is 2.57. The molecule has 0 atom stereocenters. The molecular weight excluding hydrogens is 283 g/mol. The molecule has 8 nitrogen and oxygen atoms in total. The van der Waals surface area contributed by atoms with E-state index in [4.69, 9.17) is 5.11 Å². The second-order valence-corrected chi connectivity index (χ2v) is 4.59. The predicted molar refractivity (Wildman–Crippen MR) is 69.0 cm³/mol. The number of aromatic carboxylic acids is 1. The summed E-state index contributed by atoms with van der Waals surface area (Å²) < 4.78 is 14.2. The van der Waals surface area contributed by atoms with Gasteiger partial charge in [-0.25, -0.2) is 13.9 Å². The first-order chi connectivity index (χ1) is 9.82. The van der Waals surface area contributed by atoms with Gasteiger partial charge < -0.3 is 5.11 Å². The van der Waals surface area contributed by atoms with Gasteiger partial charge >= 0.3 is 5.97 Å². The van der Waals surface area contributed by atoms with Gasteiger partial charge in [0.25, 0.3) is 5.69 Å². The minimum Gasteiger partial charge on any atom is -0.476 e. The summed E-state index contributed by atoms with van der Waals surface area (Å²) in [6.07, 6.45) is 0. The number of carboxylic acids is 1. The van der Waals surface area contributed by atoms with Crippen molar-refractivity contribution in [1.82, 2.24) is 15.0 Å². The van der Waals surface area contributed by atoms with Gasteiger partial charge in [-0.2, -0.15) is 0 Å². The highest BCUT2D eigenvalue weighted by atomic mass is 19.1. The Hall–Kier alpha value is -2.84. The largest absolute Gasteiger partial charge is 0.476 e. The Morgan fingerprint density at radius 1 is 1.48 bits per heavy atom. The smallest absolute Gasteiger partial charge is 0.358 e. The number of aromatic nitrogens is 3. The zero-order valence-corrected chi connectivity index (χ0v) is 11.1. The number of hydrogen-bond acceptors (Lipinski definition) is 5. The Morgan fingerprint density at radius 3 is 2.67 bits per heavy atom. The van der Waals surface area contributed by atoms with Crippen molar-refractivity contribution in [2.24, 2.45) is 0 Å². The van der Waals surface area contributed by atoms with Gasteiger partial charge in [0.2, 0.25) is 0 Å². The molecule has 0 unspecified atom stereocenters. The molecule has 2 rings (SSSR count). The van der Waals surface area contributed by atoms with Gasteiger partial charge in [-0.05, 0) is 18.1 Å². The zero-order valence-electron chi connectivity index (χ0n) is 11.1. The summed E-state index contributed by atoms with van der Waals surface area (Å²) in [5.41, 5.74) is -0.635. The highest BCUT2D eigenvalue weighted by Crippen LogP contribution is 2.28. The van der Waals surface area contributed by atoms with Crippen LogP contribution in [-0.2, 0) is 0 Å². The Labute approximate surface area is 118 Å². The number of nitrogens with zero attached hydrogens (tertiary/aromatic N) is 4. The van der Waals surface area contributed by atoms with E-state index in [9.17, 15) is 19.3 Å². The first-order valence-electron chi connectivity index (χ1n) is 5.96. The van der Waals surface area contributed by atoms with Crippen molar-refractivity contribution >= 4 is 11.7 Å². The van der Waals surface area contributed by atoms with Crippen molar-refractivity contribution in [2.45, 2.75) is 19.8 Å². The quantitative estimate of drug-likeness (QED) is 0.683. The third-order valence-corrected chi connectivity index (χ3v) is 2.82. The Morgan fingerprint density at radius 2 is 2.14 bits per heavy atom. The molecule has 9 heteroatoms. The number of halogens is 1. The number of carbonyl (C=O) groups is 1. The molecule has 2 aromatic rings. The SMILES string of the molecule is CC(C)c1c(C(=O)O)nnn1-c1ccc(F)cc1[N+](=O)[O-]. The molecule has 0 aliphatic carbocycles. The van der Waals surface area contributed by atoms with Crippen LogP contribution in [0.2, 0.25) is 0 Å². The highest BCUT2D eigenvalue weighted by Gasteiger charge is 2.26. The van der Waals surface area contributed by atoms with E-state index in [1.165, 1.54) is 6.07 Å². The molecule has 1 aromatic heterocycles. The van der Waals surface area contributed by atoms with Crippen LogP contribution in [0.5, 0.6) is 0 Å². The Bertz CT molecular complexity index is 726. The van der Waals surface area contributed by atoms with Gasteiger partial charge in [0.15, 0.2) is 5.69 Å². The minimum atomic E-state index is -1.28. The van der Waals surface area contributed by atoms with Crippen LogP contribution in [0.4, 0.5) is 10.1 Å². The lowest BCUT2D eigenvalue weighted by Crippen LogP contribution is -2.10. The monoisotopic (exact) mass is 294 g/mol. The van der Waals surface area contributed by atoms with E-state index >= 15 is 0 Å². The van der Waals surface area contributed by atoms with Gasteiger partial charge in [-0.3, -0.25) is 10.1 Å². The van der Waals surface area contributed by atoms with Gasteiger partial charge in [0.05, 0.1) is 16.7 Å². The van der Waals surface area contributed by atoms with Crippen LogP contribution in [0, 0.1) is 15.9 Å². The summed E-state index contributed by atoms with van der Waals surface area (Å²) in [6.45, 7) is 3.41. The molecule has 21 heavy (non-hydrogen) atoms. The molecule has 1 N–H and O–H groups in total. The number of nitro groups is 1. The Kier molecular flexibility index (Phi) is 3.66. The molecule has 0 bridgehead atoms. The molecule has 0 radical (unpaired) electrons. The van der Waals surface area contributed by atoms with Crippen molar-refractivity contribution < 1.29 is 19.2 Å². The second kappa shape index (κ2) is 5.27. The maximum atomic E-state index is 13.2. The number of hydrogen-bond donors (Lipinski definition) is 1. The van der Waals surface area contributed by atoms with Crippen LogP contribution in [0.15, 0.2) is 18.2 Å². The number of benzene rings is 1. The van der Waals surface area contributed by atoms with E-state index in [0.717, 1.165) is 16.8 Å². The lowest BCUT2D eigenvalue weighted by atomic mass is 10.1. The summed E-state index contributed by atoms with van der Waals surface area (Å²) in [4.78, 5) is 21.4. The number of carboxylic acid groups (broad SMARTS) is 1. The van der Waals surface area contributed by atoms with Crippen molar-refractivity contribution in [3.05, 3.63) is 45.5 Å². The Balaban J connectivity index is 2.73. The van der Waals surface area contributed by atoms with Gasteiger partial charge in [-0.15, -0.1) is 5.10 Å². The normalized spacial score (nSPS) is 10.9. The highest BCUT2D eigenvalue weighted by molar-refractivity contribution is 5.87. The van der Waals surface area contributed by atoms with Crippen LogP contribution in [-0.4, -0.2) is 31.0 Å². The predicted octanol–water partition coefficient (Wildman–Crippen LogP) is 2.14. The van der Waals surface area contributed by atoms with Crippen LogP contribution in [0.1, 0.15) is 35.9 Å². The minimum absolute atomic E-state index is 0.0369. The van der Waals surface area contributed by atoms with Crippen molar-refractivity contribution in [3.8, 4) is 5.69 Å². The molecule has 0 amide bonds. The fourth-order valence-corrected chi connectivity index (χ4v) is 1.96. The van der Waals surface area contributed by atoms with E-state index in [-0.39, 0.29) is 23.0 Å². The lowest BCUT2D eigenvalue weighted by molar-refractivity contribution is -0.384. The first kappa shape index (κ1) is 14.6. The molecular formula is C12H11FN4O4. The number of rotatable bonds is 4. The third-order valence-electron chi connectivity index (χ3n) is 2.82. The van der Waals surface area contributed by atoms with Crippen LogP contribution < -0.4 is 0 Å². The average molecular weight is 294 g/mol. The topological polar surface area (TPSA) is 111 Å². The summed E-state index contributed by atoms with van der Waals surface area (Å²) in [5.74, 6) is -2.35. The van der Waals surface area contributed by atoms with E-state index in [1.807, 2.05) is 0 Å². The lowest BCUT2D eigenvalue weighted by Gasteiger charge is -2.10. The molecule has 0 fully saturated rings. The molecule has 0 saturated heterocycles. The maximum absolute atomic E-state index is 13.2. The summed E-state index contributed by atoms with van der Waals surface area (Å²) >= 11 is 0. The first-order valence-corrected chi connectivity index (χ1v) is 5.96. The van der Waals surface area contributed by atoms with E-state index in [1.54, 1.807) is 13.8 Å². The average Bonchev–Trinajstić information content (AvgIpc) is 2.83. The molecule has 0 saturated carbocycles. The number of nitro benzene ring substituents is 1. The van der Waals surface area contributed by atoms with Gasteiger partial charge in [0.1, 0.15) is 11.5 Å².